The summed E-state index contributed by atoms with van der Waals surface area (Å²) in [5.41, 5.74) is 1.14. The van der Waals surface area contributed by atoms with Gasteiger partial charge in [-0.2, -0.15) is 0 Å². The van der Waals surface area contributed by atoms with Crippen molar-refractivity contribution in [3.8, 4) is 5.75 Å². The van der Waals surface area contributed by atoms with Crippen molar-refractivity contribution >= 4 is 17.7 Å². The number of carbonyl (C=O) groups excluding carboxylic acids is 1. The number of aryl methyl sites for hydroxylation is 1. The van der Waals surface area contributed by atoms with E-state index in [1.165, 1.54) is 11.8 Å². The van der Waals surface area contributed by atoms with Gasteiger partial charge < -0.3 is 10.1 Å². The third kappa shape index (κ3) is 5.13. The average molecular weight is 346 g/mol. The molecule has 1 aromatic heterocycles. The van der Waals surface area contributed by atoms with Crippen molar-refractivity contribution in [2.75, 3.05) is 12.3 Å². The lowest BCUT2D eigenvalue weighted by atomic mass is 10.2. The predicted octanol–water partition coefficient (Wildman–Crippen LogP) is 2.58. The van der Waals surface area contributed by atoms with E-state index in [4.69, 9.17) is 4.74 Å². The Bertz CT molecular complexity index is 700. The Hall–Kier alpha value is -2.28. The summed E-state index contributed by atoms with van der Waals surface area (Å²) in [4.78, 5) is 11.6. The van der Waals surface area contributed by atoms with Gasteiger partial charge in [-0.3, -0.25) is 9.36 Å². The zero-order chi connectivity index (χ0) is 17.4. The van der Waals surface area contributed by atoms with Crippen molar-refractivity contribution in [2.45, 2.75) is 32.2 Å². The monoisotopic (exact) mass is 346 g/mol. The van der Waals surface area contributed by atoms with E-state index >= 15 is 0 Å². The van der Waals surface area contributed by atoms with Crippen molar-refractivity contribution in [2.24, 2.45) is 0 Å². The maximum atomic E-state index is 11.6. The molecule has 0 bridgehead atoms. The molecule has 24 heavy (non-hydrogen) atoms. The molecule has 128 valence electrons. The first-order valence-electron chi connectivity index (χ1n) is 7.76. The highest BCUT2D eigenvalue weighted by Crippen LogP contribution is 2.19. The highest BCUT2D eigenvalue weighted by molar-refractivity contribution is 7.99. The van der Waals surface area contributed by atoms with Gasteiger partial charge in [0.25, 0.3) is 0 Å². The lowest BCUT2D eigenvalue weighted by molar-refractivity contribution is -0.118. The molecule has 7 heteroatoms. The van der Waals surface area contributed by atoms with Crippen LogP contribution < -0.4 is 10.1 Å². The van der Waals surface area contributed by atoms with E-state index in [0.29, 0.717) is 36.4 Å². The number of hydrogen-bond donors (Lipinski definition) is 1. The van der Waals surface area contributed by atoms with E-state index in [0.717, 1.165) is 11.3 Å². The van der Waals surface area contributed by atoms with Crippen molar-refractivity contribution in [1.29, 1.82) is 0 Å². The van der Waals surface area contributed by atoms with Crippen LogP contribution in [0.3, 0.4) is 0 Å². The van der Waals surface area contributed by atoms with Gasteiger partial charge in [-0.05, 0) is 31.5 Å². The molecule has 0 atom stereocenters. The first-order valence-corrected chi connectivity index (χ1v) is 8.74. The van der Waals surface area contributed by atoms with Crippen molar-refractivity contribution in [3.05, 3.63) is 48.3 Å². The Morgan fingerprint density at radius 1 is 1.46 bits per heavy atom. The average Bonchev–Trinajstić information content (AvgIpc) is 2.94. The molecule has 0 aliphatic carbocycles. The Balaban J connectivity index is 2.04. The number of thioether (sulfide) groups is 1. The molecule has 0 aliphatic heterocycles. The molecule has 1 amide bonds. The van der Waals surface area contributed by atoms with Crippen LogP contribution in [0, 0.1) is 6.92 Å². The second-order valence-electron chi connectivity index (χ2n) is 5.15. The highest BCUT2D eigenvalue weighted by Gasteiger charge is 2.13. The summed E-state index contributed by atoms with van der Waals surface area (Å²) in [5, 5.41) is 11.8. The van der Waals surface area contributed by atoms with Crippen LogP contribution in [-0.4, -0.2) is 33.0 Å². The number of amides is 1. The number of ether oxygens (including phenoxy) is 1. The van der Waals surface area contributed by atoms with Crippen LogP contribution >= 0.6 is 11.8 Å². The number of allylic oxidation sites excluding steroid dienone is 1. The van der Waals surface area contributed by atoms with E-state index in [2.05, 4.69) is 22.1 Å². The molecule has 1 aromatic carbocycles. The lowest BCUT2D eigenvalue weighted by Crippen LogP contribution is -2.24. The van der Waals surface area contributed by atoms with Crippen molar-refractivity contribution in [3.63, 3.8) is 0 Å². The Morgan fingerprint density at radius 2 is 2.29 bits per heavy atom. The van der Waals surface area contributed by atoms with E-state index in [9.17, 15) is 4.79 Å². The number of rotatable bonds is 9. The quantitative estimate of drug-likeness (QED) is 0.558. The summed E-state index contributed by atoms with van der Waals surface area (Å²) in [7, 11) is 0. The normalized spacial score (nSPS) is 10.4. The van der Waals surface area contributed by atoms with Crippen LogP contribution in [0.25, 0.3) is 0 Å². The van der Waals surface area contributed by atoms with Crippen LogP contribution in [0.1, 0.15) is 18.3 Å². The number of nitrogens with one attached hydrogen (secondary N) is 1. The lowest BCUT2D eigenvalue weighted by Gasteiger charge is -2.09. The van der Waals surface area contributed by atoms with Gasteiger partial charge in [0.15, 0.2) is 11.0 Å². The zero-order valence-corrected chi connectivity index (χ0v) is 14.8. The molecule has 1 N–H and O–H groups in total. The number of aromatic nitrogens is 3. The minimum atomic E-state index is -0.0202. The zero-order valence-electron chi connectivity index (χ0n) is 14.0. The second-order valence-corrected chi connectivity index (χ2v) is 6.09. The van der Waals surface area contributed by atoms with Gasteiger partial charge in [0, 0.05) is 13.1 Å². The molecule has 6 nitrogen and oxygen atoms in total. The first kappa shape index (κ1) is 18.1. The van der Waals surface area contributed by atoms with Gasteiger partial charge in [-0.25, -0.2) is 0 Å². The summed E-state index contributed by atoms with van der Waals surface area (Å²) >= 11 is 1.35. The molecule has 0 saturated heterocycles. The maximum absolute atomic E-state index is 11.6. The van der Waals surface area contributed by atoms with Gasteiger partial charge in [0.05, 0.1) is 5.75 Å². The summed E-state index contributed by atoms with van der Waals surface area (Å²) in [6.45, 7) is 9.17. The fourth-order valence-electron chi connectivity index (χ4n) is 2.08. The van der Waals surface area contributed by atoms with E-state index in [1.54, 1.807) is 6.08 Å². The van der Waals surface area contributed by atoms with E-state index in [-0.39, 0.29) is 5.91 Å². The highest BCUT2D eigenvalue weighted by atomic mass is 32.2. The van der Waals surface area contributed by atoms with Gasteiger partial charge >= 0.3 is 0 Å². The Morgan fingerprint density at radius 3 is 3.00 bits per heavy atom. The standard InChI is InChI=1S/C17H22N4O2S/c1-4-9-21-15(11-23-14-8-6-7-13(3)10-14)19-20-17(21)24-12-16(22)18-5-2/h4,6-8,10H,1,5,9,11-12H2,2-3H3,(H,18,22). The van der Waals surface area contributed by atoms with E-state index in [1.807, 2.05) is 42.7 Å². The molecule has 0 fully saturated rings. The van der Waals surface area contributed by atoms with Gasteiger partial charge in [-0.1, -0.05) is 30.0 Å². The van der Waals surface area contributed by atoms with Crippen molar-refractivity contribution in [1.82, 2.24) is 20.1 Å². The molecule has 0 spiro atoms. The summed E-state index contributed by atoms with van der Waals surface area (Å²) in [6, 6.07) is 7.85. The number of hydrogen-bond acceptors (Lipinski definition) is 5. The van der Waals surface area contributed by atoms with E-state index < -0.39 is 0 Å². The predicted molar refractivity (Wildman–Crippen MR) is 95.1 cm³/mol. The minimum absolute atomic E-state index is 0.0202. The first-order chi connectivity index (χ1) is 11.6. The third-order valence-electron chi connectivity index (χ3n) is 3.17. The molecule has 0 unspecified atom stereocenters. The summed E-state index contributed by atoms with van der Waals surface area (Å²) < 4.78 is 7.70. The Kier molecular flexibility index (Phi) is 6.87. The number of nitrogens with zero attached hydrogens (tertiary/aromatic N) is 3. The molecule has 2 rings (SSSR count). The van der Waals surface area contributed by atoms with Crippen LogP contribution in [0.4, 0.5) is 0 Å². The molecular formula is C17H22N4O2S. The number of carbonyl (C=O) groups is 1. The SMILES string of the molecule is C=CCn1c(COc2cccc(C)c2)nnc1SCC(=O)NCC. The van der Waals surface area contributed by atoms with Gasteiger partial charge in [0.2, 0.25) is 5.91 Å². The smallest absolute Gasteiger partial charge is 0.230 e. The molecule has 2 aromatic rings. The van der Waals surface area contributed by atoms with Crippen molar-refractivity contribution < 1.29 is 9.53 Å². The molecule has 0 saturated carbocycles. The van der Waals surface area contributed by atoms with Crippen LogP contribution in [0.15, 0.2) is 42.1 Å². The summed E-state index contributed by atoms with van der Waals surface area (Å²) in [5.74, 6) is 1.78. The van der Waals surface area contributed by atoms with Gasteiger partial charge in [-0.15, -0.1) is 16.8 Å². The molecular weight excluding hydrogens is 324 g/mol. The van der Waals surface area contributed by atoms with Gasteiger partial charge in [0.1, 0.15) is 12.4 Å². The molecule has 0 aliphatic rings. The van der Waals surface area contributed by atoms with Crippen LogP contribution in [-0.2, 0) is 17.9 Å². The van der Waals surface area contributed by atoms with Crippen LogP contribution in [0.5, 0.6) is 5.75 Å². The number of benzene rings is 1. The Labute approximate surface area is 146 Å². The minimum Gasteiger partial charge on any atom is -0.486 e. The fraction of sp³-hybridized carbons (Fsp3) is 0.353. The summed E-state index contributed by atoms with van der Waals surface area (Å²) in [6.07, 6.45) is 1.77. The largest absolute Gasteiger partial charge is 0.486 e. The second kappa shape index (κ2) is 9.12. The van der Waals surface area contributed by atoms with Crippen LogP contribution in [0.2, 0.25) is 0 Å². The topological polar surface area (TPSA) is 69.0 Å². The third-order valence-corrected chi connectivity index (χ3v) is 4.14. The maximum Gasteiger partial charge on any atom is 0.230 e. The molecule has 0 radical (unpaired) electrons. The molecule has 1 heterocycles. The fourth-order valence-corrected chi connectivity index (χ4v) is 2.87.